The molecule has 2 aliphatic rings. The predicted octanol–water partition coefficient (Wildman–Crippen LogP) is 1.84. The smallest absolute Gasteiger partial charge is 0.307 e. The third-order valence-corrected chi connectivity index (χ3v) is 4.05. The van der Waals surface area contributed by atoms with Crippen LogP contribution in [0.1, 0.15) is 18.4 Å². The van der Waals surface area contributed by atoms with Gasteiger partial charge in [0, 0.05) is 13.0 Å². The minimum Gasteiger partial charge on any atom is -0.489 e. The SMILES string of the molecule is O=C(O)[C@H]1C[C@H]1C(=O)NCc1cc(Cl)c2c(c1)OCCCO2. The number of ether oxygens (including phenoxy) is 2. The van der Waals surface area contributed by atoms with Crippen LogP contribution >= 0.6 is 11.6 Å². The second kappa shape index (κ2) is 6.04. The zero-order valence-electron chi connectivity index (χ0n) is 11.8. The fourth-order valence-corrected chi connectivity index (χ4v) is 2.75. The highest BCUT2D eigenvalue weighted by molar-refractivity contribution is 6.32. The molecule has 1 aliphatic carbocycles. The maximum absolute atomic E-state index is 11.9. The summed E-state index contributed by atoms with van der Waals surface area (Å²) in [5.41, 5.74) is 0.787. The molecule has 1 aromatic carbocycles. The van der Waals surface area contributed by atoms with Crippen molar-refractivity contribution in [3.8, 4) is 11.5 Å². The van der Waals surface area contributed by atoms with Crippen molar-refractivity contribution in [3.05, 3.63) is 22.7 Å². The molecule has 0 saturated heterocycles. The van der Waals surface area contributed by atoms with Gasteiger partial charge in [0.25, 0.3) is 0 Å². The van der Waals surface area contributed by atoms with Crippen LogP contribution in [0.4, 0.5) is 0 Å². The lowest BCUT2D eigenvalue weighted by molar-refractivity contribution is -0.140. The Hall–Kier alpha value is -1.95. The zero-order valence-corrected chi connectivity index (χ0v) is 12.6. The highest BCUT2D eigenvalue weighted by Crippen LogP contribution is 2.39. The molecule has 1 saturated carbocycles. The van der Waals surface area contributed by atoms with Gasteiger partial charge >= 0.3 is 5.97 Å². The number of hydrogen-bond donors (Lipinski definition) is 2. The normalized spacial score (nSPS) is 22.6. The van der Waals surface area contributed by atoms with Gasteiger partial charge in [0.15, 0.2) is 11.5 Å². The minimum absolute atomic E-state index is 0.240. The number of benzene rings is 1. The van der Waals surface area contributed by atoms with Crippen LogP contribution in [0, 0.1) is 11.8 Å². The number of carboxylic acid groups (broad SMARTS) is 1. The first-order valence-electron chi connectivity index (χ1n) is 7.15. The molecule has 6 nitrogen and oxygen atoms in total. The number of nitrogens with one attached hydrogen (secondary N) is 1. The van der Waals surface area contributed by atoms with Crippen LogP contribution in [0.3, 0.4) is 0 Å². The molecule has 0 radical (unpaired) electrons. The van der Waals surface area contributed by atoms with E-state index in [9.17, 15) is 9.59 Å². The highest BCUT2D eigenvalue weighted by Gasteiger charge is 2.48. The molecule has 2 N–H and O–H groups in total. The second-order valence-corrected chi connectivity index (χ2v) is 5.87. The van der Waals surface area contributed by atoms with Crippen LogP contribution in [-0.2, 0) is 16.1 Å². The molecular formula is C15H16ClNO5. The standard InChI is InChI=1S/C15H16ClNO5/c16-11-4-8(5-12-13(11)22-3-1-2-21-12)7-17-14(18)9-6-10(9)15(19)20/h4-5,9-10H,1-3,6-7H2,(H,17,18)(H,19,20)/t9-,10+/m1/s1. The van der Waals surface area contributed by atoms with Crippen molar-refractivity contribution in [3.63, 3.8) is 0 Å². The van der Waals surface area contributed by atoms with Gasteiger partial charge in [0.05, 0.1) is 30.1 Å². The molecule has 2 atom stereocenters. The summed E-state index contributed by atoms with van der Waals surface area (Å²) >= 11 is 6.18. The Morgan fingerprint density at radius 3 is 2.77 bits per heavy atom. The summed E-state index contributed by atoms with van der Waals surface area (Å²) in [6.07, 6.45) is 1.19. The van der Waals surface area contributed by atoms with E-state index in [2.05, 4.69) is 5.32 Å². The Morgan fingerprint density at radius 2 is 2.05 bits per heavy atom. The lowest BCUT2D eigenvalue weighted by atomic mass is 10.2. The fraction of sp³-hybridized carbons (Fsp3) is 0.467. The molecule has 1 aliphatic heterocycles. The molecule has 3 rings (SSSR count). The van der Waals surface area contributed by atoms with Crippen molar-refractivity contribution in [1.82, 2.24) is 5.32 Å². The Balaban J connectivity index is 1.64. The van der Waals surface area contributed by atoms with Gasteiger partial charge in [-0.15, -0.1) is 0 Å². The molecule has 118 valence electrons. The van der Waals surface area contributed by atoms with E-state index in [1.165, 1.54) is 0 Å². The van der Waals surface area contributed by atoms with Gasteiger partial charge < -0.3 is 19.9 Å². The first-order chi connectivity index (χ1) is 10.6. The molecule has 0 aromatic heterocycles. The number of hydrogen-bond acceptors (Lipinski definition) is 4. The van der Waals surface area contributed by atoms with E-state index < -0.39 is 17.8 Å². The van der Waals surface area contributed by atoms with Crippen LogP contribution < -0.4 is 14.8 Å². The van der Waals surface area contributed by atoms with Gasteiger partial charge in [-0.2, -0.15) is 0 Å². The summed E-state index contributed by atoms with van der Waals surface area (Å²) in [5, 5.41) is 12.0. The fourth-order valence-electron chi connectivity index (χ4n) is 2.46. The van der Waals surface area contributed by atoms with E-state index in [1.807, 2.05) is 0 Å². The average Bonchev–Trinajstić information content (AvgIpc) is 3.28. The third-order valence-electron chi connectivity index (χ3n) is 3.77. The van der Waals surface area contributed by atoms with E-state index in [0.29, 0.717) is 36.2 Å². The monoisotopic (exact) mass is 325 g/mol. The Labute approximate surface area is 132 Å². The number of amides is 1. The summed E-state index contributed by atoms with van der Waals surface area (Å²) in [4.78, 5) is 22.6. The van der Waals surface area contributed by atoms with Crippen molar-refractivity contribution in [2.75, 3.05) is 13.2 Å². The maximum Gasteiger partial charge on any atom is 0.307 e. The van der Waals surface area contributed by atoms with Crippen molar-refractivity contribution in [2.24, 2.45) is 11.8 Å². The molecule has 0 bridgehead atoms. The summed E-state index contributed by atoms with van der Waals surface area (Å²) in [6.45, 7) is 1.39. The summed E-state index contributed by atoms with van der Waals surface area (Å²) in [7, 11) is 0. The second-order valence-electron chi connectivity index (χ2n) is 5.46. The Kier molecular flexibility index (Phi) is 4.11. The van der Waals surface area contributed by atoms with E-state index >= 15 is 0 Å². The molecule has 1 fully saturated rings. The highest BCUT2D eigenvalue weighted by atomic mass is 35.5. The predicted molar refractivity (Wildman–Crippen MR) is 78.1 cm³/mol. The first kappa shape index (κ1) is 15.0. The van der Waals surface area contributed by atoms with Crippen molar-refractivity contribution in [1.29, 1.82) is 0 Å². The Morgan fingerprint density at radius 1 is 1.27 bits per heavy atom. The van der Waals surface area contributed by atoms with Crippen LogP contribution in [0.2, 0.25) is 5.02 Å². The van der Waals surface area contributed by atoms with Gasteiger partial charge in [-0.3, -0.25) is 9.59 Å². The number of fused-ring (bicyclic) bond motifs is 1. The van der Waals surface area contributed by atoms with Crippen molar-refractivity contribution >= 4 is 23.5 Å². The van der Waals surface area contributed by atoms with Gasteiger partial charge in [0.1, 0.15) is 0 Å². The summed E-state index contributed by atoms with van der Waals surface area (Å²) < 4.78 is 11.1. The van der Waals surface area contributed by atoms with Gasteiger partial charge in [-0.05, 0) is 24.1 Å². The summed E-state index contributed by atoms with van der Waals surface area (Å²) in [6, 6.07) is 3.51. The van der Waals surface area contributed by atoms with Crippen LogP contribution in [0.5, 0.6) is 11.5 Å². The first-order valence-corrected chi connectivity index (χ1v) is 7.52. The van der Waals surface area contributed by atoms with Crippen molar-refractivity contribution in [2.45, 2.75) is 19.4 Å². The quantitative estimate of drug-likeness (QED) is 0.882. The number of carbonyl (C=O) groups is 2. The van der Waals surface area contributed by atoms with Gasteiger partial charge in [-0.1, -0.05) is 11.6 Å². The van der Waals surface area contributed by atoms with Gasteiger partial charge in [-0.25, -0.2) is 0 Å². The molecule has 1 aromatic rings. The van der Waals surface area contributed by atoms with Crippen molar-refractivity contribution < 1.29 is 24.2 Å². The van der Waals surface area contributed by atoms with E-state index in [1.54, 1.807) is 12.1 Å². The number of halogens is 1. The summed E-state index contributed by atoms with van der Waals surface area (Å²) in [5.74, 6) is -1.03. The molecule has 7 heteroatoms. The van der Waals surface area contributed by atoms with E-state index in [4.69, 9.17) is 26.2 Å². The lowest BCUT2D eigenvalue weighted by Gasteiger charge is -2.12. The topological polar surface area (TPSA) is 84.9 Å². The van der Waals surface area contributed by atoms with Gasteiger partial charge in [0.2, 0.25) is 5.91 Å². The van der Waals surface area contributed by atoms with E-state index in [-0.39, 0.29) is 12.5 Å². The largest absolute Gasteiger partial charge is 0.489 e. The number of carbonyl (C=O) groups excluding carboxylic acids is 1. The molecular weight excluding hydrogens is 310 g/mol. The zero-order chi connectivity index (χ0) is 15.7. The molecule has 0 spiro atoms. The van der Waals surface area contributed by atoms with Crippen LogP contribution in [-0.4, -0.2) is 30.2 Å². The minimum atomic E-state index is -0.918. The Bertz CT molecular complexity index is 618. The number of aliphatic carboxylic acids is 1. The molecule has 22 heavy (non-hydrogen) atoms. The van der Waals surface area contributed by atoms with Crippen LogP contribution in [0.15, 0.2) is 12.1 Å². The van der Waals surface area contributed by atoms with E-state index in [0.717, 1.165) is 12.0 Å². The molecule has 1 amide bonds. The molecule has 0 unspecified atom stereocenters. The maximum atomic E-state index is 11.9. The number of carboxylic acids is 1. The average molecular weight is 326 g/mol. The van der Waals surface area contributed by atoms with Crippen LogP contribution in [0.25, 0.3) is 0 Å². The third kappa shape index (κ3) is 3.11. The molecule has 1 heterocycles. The lowest BCUT2D eigenvalue weighted by Crippen LogP contribution is -2.25. The number of rotatable bonds is 4.